The lowest BCUT2D eigenvalue weighted by atomic mass is 9.83. The van der Waals surface area contributed by atoms with Crippen LogP contribution in [-0.4, -0.2) is 42.3 Å². The Balaban J connectivity index is 2.03. The van der Waals surface area contributed by atoms with E-state index in [1.807, 2.05) is 0 Å². The summed E-state index contributed by atoms with van der Waals surface area (Å²) in [7, 11) is 0. The number of hydrogen-bond donors (Lipinski definition) is 1. The summed E-state index contributed by atoms with van der Waals surface area (Å²) in [6, 6.07) is 0.954. The highest BCUT2D eigenvalue weighted by atomic mass is 19.4. The second-order valence-electron chi connectivity index (χ2n) is 6.33. The van der Waals surface area contributed by atoms with Gasteiger partial charge in [0.2, 0.25) is 0 Å². The topological polar surface area (TPSA) is 15.3 Å². The largest absolute Gasteiger partial charge is 0.391 e. The van der Waals surface area contributed by atoms with Crippen molar-refractivity contribution in [2.24, 2.45) is 5.92 Å². The van der Waals surface area contributed by atoms with Gasteiger partial charge in [0.05, 0.1) is 5.92 Å². The highest BCUT2D eigenvalue weighted by Gasteiger charge is 2.44. The van der Waals surface area contributed by atoms with E-state index in [1.54, 1.807) is 0 Å². The third-order valence-corrected chi connectivity index (χ3v) is 5.08. The van der Waals surface area contributed by atoms with Gasteiger partial charge in [0, 0.05) is 31.2 Å². The fraction of sp³-hybridized carbons (Fsp3) is 1.00. The number of alkyl halides is 3. The molecule has 5 heteroatoms. The molecule has 1 saturated carbocycles. The van der Waals surface area contributed by atoms with Crippen LogP contribution >= 0.6 is 0 Å². The van der Waals surface area contributed by atoms with Crippen LogP contribution in [0.15, 0.2) is 0 Å². The second kappa shape index (κ2) is 6.65. The molecule has 2 nitrogen and oxygen atoms in total. The maximum atomic E-state index is 13.0. The summed E-state index contributed by atoms with van der Waals surface area (Å²) in [4.78, 5) is 2.38. The van der Waals surface area contributed by atoms with E-state index in [-0.39, 0.29) is 6.04 Å². The first kappa shape index (κ1) is 16.1. The fourth-order valence-electron chi connectivity index (χ4n) is 3.75. The van der Waals surface area contributed by atoms with Crippen molar-refractivity contribution in [1.29, 1.82) is 0 Å². The van der Waals surface area contributed by atoms with Crippen LogP contribution in [0.4, 0.5) is 13.2 Å². The minimum absolute atomic E-state index is 0.122. The average Bonchev–Trinajstić information content (AvgIpc) is 2.45. The van der Waals surface area contributed by atoms with Crippen molar-refractivity contribution in [3.05, 3.63) is 0 Å². The summed E-state index contributed by atoms with van der Waals surface area (Å²) >= 11 is 0. The number of nitrogens with zero attached hydrogens (tertiary/aromatic N) is 1. The Kier molecular flexibility index (Phi) is 5.35. The van der Waals surface area contributed by atoms with Gasteiger partial charge < -0.3 is 5.32 Å². The van der Waals surface area contributed by atoms with Crippen LogP contribution in [0, 0.1) is 5.92 Å². The third kappa shape index (κ3) is 3.67. The van der Waals surface area contributed by atoms with Crippen molar-refractivity contribution in [3.8, 4) is 0 Å². The van der Waals surface area contributed by atoms with Gasteiger partial charge in [-0.25, -0.2) is 0 Å². The van der Waals surface area contributed by atoms with Gasteiger partial charge in [0.15, 0.2) is 0 Å². The van der Waals surface area contributed by atoms with E-state index >= 15 is 0 Å². The predicted octanol–water partition coefficient (Wildman–Crippen LogP) is 3.57. The molecule has 1 saturated heterocycles. The second-order valence-corrected chi connectivity index (χ2v) is 6.33. The summed E-state index contributed by atoms with van der Waals surface area (Å²) in [6.45, 7) is 6.10. The van der Waals surface area contributed by atoms with Gasteiger partial charge in [-0.3, -0.25) is 4.90 Å². The number of rotatable bonds is 3. The minimum Gasteiger partial charge on any atom is -0.311 e. The molecule has 0 aromatic heterocycles. The van der Waals surface area contributed by atoms with E-state index in [9.17, 15) is 13.2 Å². The molecule has 1 aliphatic heterocycles. The standard InChI is InChI=1S/C15H27F3N2/c1-3-12-10-20(13(4-2)9-19-12)14-7-5-6-11(8-14)15(16,17)18/h11-14,19H,3-10H2,1-2H3. The number of piperazine rings is 1. The zero-order valence-electron chi connectivity index (χ0n) is 12.5. The smallest absolute Gasteiger partial charge is 0.311 e. The molecule has 1 heterocycles. The van der Waals surface area contributed by atoms with Gasteiger partial charge in [0.1, 0.15) is 0 Å². The van der Waals surface area contributed by atoms with Crippen LogP contribution in [0.2, 0.25) is 0 Å². The number of nitrogens with one attached hydrogen (secondary N) is 1. The average molecular weight is 292 g/mol. The Morgan fingerprint density at radius 1 is 1.15 bits per heavy atom. The van der Waals surface area contributed by atoms with E-state index in [4.69, 9.17) is 0 Å². The quantitative estimate of drug-likeness (QED) is 0.855. The molecule has 118 valence electrons. The Labute approximate surface area is 120 Å². The molecule has 0 aromatic carbocycles. The van der Waals surface area contributed by atoms with Crippen molar-refractivity contribution in [2.75, 3.05) is 13.1 Å². The molecular weight excluding hydrogens is 265 g/mol. The number of hydrogen-bond acceptors (Lipinski definition) is 2. The molecule has 1 N–H and O–H groups in total. The first-order valence-electron chi connectivity index (χ1n) is 8.01. The van der Waals surface area contributed by atoms with Crippen LogP contribution in [0.25, 0.3) is 0 Å². The first-order chi connectivity index (χ1) is 9.45. The first-order valence-corrected chi connectivity index (χ1v) is 8.01. The lowest BCUT2D eigenvalue weighted by Crippen LogP contribution is -2.60. The van der Waals surface area contributed by atoms with Crippen LogP contribution in [-0.2, 0) is 0 Å². The molecule has 4 unspecified atom stereocenters. The van der Waals surface area contributed by atoms with E-state index in [0.717, 1.165) is 32.4 Å². The van der Waals surface area contributed by atoms with Gasteiger partial charge in [0.25, 0.3) is 0 Å². The van der Waals surface area contributed by atoms with Gasteiger partial charge in [-0.05, 0) is 32.1 Å². The van der Waals surface area contributed by atoms with Crippen LogP contribution in [0.5, 0.6) is 0 Å². The van der Waals surface area contributed by atoms with E-state index in [0.29, 0.717) is 31.3 Å². The van der Waals surface area contributed by atoms with Gasteiger partial charge in [-0.15, -0.1) is 0 Å². The van der Waals surface area contributed by atoms with Crippen molar-refractivity contribution in [1.82, 2.24) is 10.2 Å². The number of halogens is 3. The molecule has 0 aromatic rings. The lowest BCUT2D eigenvalue weighted by Gasteiger charge is -2.47. The summed E-state index contributed by atoms with van der Waals surface area (Å²) in [5, 5.41) is 3.52. The minimum atomic E-state index is -4.02. The van der Waals surface area contributed by atoms with Crippen molar-refractivity contribution < 1.29 is 13.2 Å². The maximum absolute atomic E-state index is 13.0. The molecule has 0 amide bonds. The Morgan fingerprint density at radius 2 is 1.90 bits per heavy atom. The van der Waals surface area contributed by atoms with Gasteiger partial charge >= 0.3 is 6.18 Å². The molecule has 2 fully saturated rings. The van der Waals surface area contributed by atoms with Gasteiger partial charge in [-0.1, -0.05) is 20.3 Å². The van der Waals surface area contributed by atoms with E-state index in [2.05, 4.69) is 24.1 Å². The zero-order chi connectivity index (χ0) is 14.8. The third-order valence-electron chi connectivity index (χ3n) is 5.08. The summed E-state index contributed by atoms with van der Waals surface area (Å²) in [5.74, 6) is -1.09. The van der Waals surface area contributed by atoms with Crippen LogP contribution < -0.4 is 5.32 Å². The van der Waals surface area contributed by atoms with Crippen molar-refractivity contribution in [3.63, 3.8) is 0 Å². The van der Waals surface area contributed by atoms with Crippen LogP contribution in [0.3, 0.4) is 0 Å². The van der Waals surface area contributed by atoms with Crippen molar-refractivity contribution >= 4 is 0 Å². The molecule has 4 atom stereocenters. The van der Waals surface area contributed by atoms with Crippen LogP contribution in [0.1, 0.15) is 52.4 Å². The monoisotopic (exact) mass is 292 g/mol. The molecule has 0 bridgehead atoms. The summed E-state index contributed by atoms with van der Waals surface area (Å²) in [6.07, 6.45) is 0.305. The zero-order valence-corrected chi connectivity index (χ0v) is 12.5. The lowest BCUT2D eigenvalue weighted by molar-refractivity contribution is -0.188. The highest BCUT2D eigenvalue weighted by Crippen LogP contribution is 2.39. The summed E-state index contributed by atoms with van der Waals surface area (Å²) in [5.41, 5.74) is 0. The van der Waals surface area contributed by atoms with E-state index < -0.39 is 12.1 Å². The predicted molar refractivity (Wildman–Crippen MR) is 74.7 cm³/mol. The molecular formula is C15H27F3N2. The molecule has 0 spiro atoms. The fourth-order valence-corrected chi connectivity index (χ4v) is 3.75. The normalized spacial score (nSPS) is 37.0. The molecule has 20 heavy (non-hydrogen) atoms. The highest BCUT2D eigenvalue weighted by molar-refractivity contribution is 4.92. The van der Waals surface area contributed by atoms with E-state index in [1.165, 1.54) is 0 Å². The molecule has 2 rings (SSSR count). The SMILES string of the molecule is CCC1CN(C2CCCC(C(F)(F)F)C2)C(CC)CN1. The maximum Gasteiger partial charge on any atom is 0.391 e. The summed E-state index contributed by atoms with van der Waals surface area (Å²) < 4.78 is 38.9. The molecule has 0 radical (unpaired) electrons. The Bertz CT molecular complexity index is 306. The Morgan fingerprint density at radius 3 is 2.50 bits per heavy atom. The van der Waals surface area contributed by atoms with Crippen molar-refractivity contribution in [2.45, 2.75) is 76.7 Å². The molecule has 1 aliphatic carbocycles. The Hall–Kier alpha value is -0.290. The van der Waals surface area contributed by atoms with Gasteiger partial charge in [-0.2, -0.15) is 13.2 Å². The molecule has 2 aliphatic rings.